The molecular formula is C19H16N4O2S. The lowest BCUT2D eigenvalue weighted by molar-refractivity contribution is 0.0706. The van der Waals surface area contributed by atoms with Gasteiger partial charge in [0.1, 0.15) is 5.65 Å². The van der Waals surface area contributed by atoms with Gasteiger partial charge in [-0.25, -0.2) is 10.5 Å². The van der Waals surface area contributed by atoms with Crippen LogP contribution in [0.4, 0.5) is 5.69 Å². The average Bonchev–Trinajstić information content (AvgIpc) is 3.37. The van der Waals surface area contributed by atoms with Gasteiger partial charge in [0.05, 0.1) is 0 Å². The normalized spacial score (nSPS) is 10.8. The molecule has 0 aliphatic carbocycles. The first kappa shape index (κ1) is 16.3. The number of pyridine rings is 1. The third-order valence-electron chi connectivity index (χ3n) is 4.10. The van der Waals surface area contributed by atoms with Crippen molar-refractivity contribution in [1.29, 1.82) is 0 Å². The fourth-order valence-corrected chi connectivity index (χ4v) is 3.52. The van der Waals surface area contributed by atoms with E-state index in [1.165, 1.54) is 4.88 Å². The monoisotopic (exact) mass is 364 g/mol. The Kier molecular flexibility index (Phi) is 4.39. The number of hydrogen-bond acceptors (Lipinski definition) is 5. The van der Waals surface area contributed by atoms with Crippen molar-refractivity contribution >= 4 is 28.6 Å². The summed E-state index contributed by atoms with van der Waals surface area (Å²) >= 11 is 1.70. The minimum absolute atomic E-state index is 0.397. The van der Waals surface area contributed by atoms with E-state index in [-0.39, 0.29) is 0 Å². The Morgan fingerprint density at radius 3 is 2.81 bits per heavy atom. The van der Waals surface area contributed by atoms with E-state index >= 15 is 0 Å². The fraction of sp³-hybridized carbons (Fsp3) is 0.0526. The Bertz CT molecular complexity index is 1040. The van der Waals surface area contributed by atoms with Crippen LogP contribution < -0.4 is 10.8 Å². The van der Waals surface area contributed by atoms with Crippen molar-refractivity contribution in [2.24, 2.45) is 0 Å². The van der Waals surface area contributed by atoms with Crippen molar-refractivity contribution in [2.45, 2.75) is 6.54 Å². The lowest BCUT2D eigenvalue weighted by Crippen LogP contribution is -2.18. The summed E-state index contributed by atoms with van der Waals surface area (Å²) in [6.45, 7) is 0.602. The number of anilines is 1. The van der Waals surface area contributed by atoms with Gasteiger partial charge < -0.3 is 9.72 Å². The van der Waals surface area contributed by atoms with Crippen LogP contribution in [0.5, 0.6) is 0 Å². The predicted octanol–water partition coefficient (Wildman–Crippen LogP) is 3.79. The second kappa shape index (κ2) is 6.99. The quantitative estimate of drug-likeness (QED) is 0.372. The van der Waals surface area contributed by atoms with E-state index in [9.17, 15) is 4.79 Å². The number of imidazole rings is 1. The summed E-state index contributed by atoms with van der Waals surface area (Å²) in [4.78, 5) is 17.0. The number of nitrogens with zero attached hydrogens (tertiary/aromatic N) is 2. The first-order valence-electron chi connectivity index (χ1n) is 8.02. The van der Waals surface area contributed by atoms with Crippen molar-refractivity contribution in [3.8, 4) is 10.4 Å². The molecule has 0 aliphatic heterocycles. The number of rotatable bonds is 5. The Labute approximate surface area is 153 Å². The lowest BCUT2D eigenvalue weighted by atomic mass is 10.1. The van der Waals surface area contributed by atoms with Crippen molar-refractivity contribution < 1.29 is 10.0 Å². The molecule has 3 aromatic heterocycles. The maximum atomic E-state index is 11.4. The number of amides is 1. The Morgan fingerprint density at radius 1 is 1.23 bits per heavy atom. The zero-order valence-electron chi connectivity index (χ0n) is 13.7. The van der Waals surface area contributed by atoms with Crippen molar-refractivity contribution in [2.75, 3.05) is 5.32 Å². The van der Waals surface area contributed by atoms with Gasteiger partial charge in [-0.1, -0.05) is 6.07 Å². The first-order chi connectivity index (χ1) is 12.7. The van der Waals surface area contributed by atoms with Crippen LogP contribution in [-0.2, 0) is 6.54 Å². The first-order valence-corrected chi connectivity index (χ1v) is 8.90. The van der Waals surface area contributed by atoms with E-state index in [1.54, 1.807) is 47.3 Å². The minimum atomic E-state index is -0.528. The smallest absolute Gasteiger partial charge is 0.274 e. The molecular weight excluding hydrogens is 348 g/mol. The molecule has 4 rings (SSSR count). The summed E-state index contributed by atoms with van der Waals surface area (Å²) in [6.07, 6.45) is 5.82. The van der Waals surface area contributed by atoms with Crippen LogP contribution in [0, 0.1) is 0 Å². The molecule has 0 atom stereocenters. The van der Waals surface area contributed by atoms with E-state index in [1.807, 2.05) is 16.7 Å². The van der Waals surface area contributed by atoms with E-state index in [0.717, 1.165) is 22.5 Å². The van der Waals surface area contributed by atoms with E-state index in [0.29, 0.717) is 12.1 Å². The van der Waals surface area contributed by atoms with E-state index < -0.39 is 5.91 Å². The topological polar surface area (TPSA) is 78.7 Å². The highest BCUT2D eigenvalue weighted by Crippen LogP contribution is 2.27. The largest absolute Gasteiger partial charge is 0.381 e. The minimum Gasteiger partial charge on any atom is -0.381 e. The molecule has 3 heterocycles. The summed E-state index contributed by atoms with van der Waals surface area (Å²) in [5.41, 5.74) is 6.05. The average molecular weight is 364 g/mol. The molecule has 4 aromatic rings. The molecule has 3 N–H and O–H groups in total. The molecule has 0 radical (unpaired) electrons. The Balaban J connectivity index is 1.59. The van der Waals surface area contributed by atoms with Crippen LogP contribution in [-0.4, -0.2) is 20.5 Å². The molecule has 26 heavy (non-hydrogen) atoms. The maximum Gasteiger partial charge on any atom is 0.274 e. The summed E-state index contributed by atoms with van der Waals surface area (Å²) in [7, 11) is 0. The molecule has 1 amide bonds. The van der Waals surface area contributed by atoms with Gasteiger partial charge in [-0.2, -0.15) is 0 Å². The number of aromatic nitrogens is 2. The van der Waals surface area contributed by atoms with Gasteiger partial charge in [-0.15, -0.1) is 11.3 Å². The van der Waals surface area contributed by atoms with Gasteiger partial charge in [0.2, 0.25) is 0 Å². The molecule has 0 spiro atoms. The van der Waals surface area contributed by atoms with Crippen LogP contribution in [0.1, 0.15) is 15.9 Å². The third kappa shape index (κ3) is 3.17. The summed E-state index contributed by atoms with van der Waals surface area (Å²) in [5, 5.41) is 14.1. The van der Waals surface area contributed by atoms with Crippen LogP contribution >= 0.6 is 11.3 Å². The van der Waals surface area contributed by atoms with Crippen LogP contribution in [0.2, 0.25) is 0 Å². The number of benzene rings is 1. The Hall–Kier alpha value is -3.16. The van der Waals surface area contributed by atoms with Crippen molar-refractivity contribution in [1.82, 2.24) is 14.9 Å². The molecule has 7 heteroatoms. The second-order valence-corrected chi connectivity index (χ2v) is 6.71. The highest BCUT2D eigenvalue weighted by molar-refractivity contribution is 7.13. The molecule has 1 aromatic carbocycles. The molecule has 6 nitrogen and oxygen atoms in total. The number of hydrogen-bond donors (Lipinski definition) is 3. The molecule has 0 unspecified atom stereocenters. The Morgan fingerprint density at radius 2 is 2.08 bits per heavy atom. The van der Waals surface area contributed by atoms with Crippen LogP contribution in [0.3, 0.4) is 0 Å². The summed E-state index contributed by atoms with van der Waals surface area (Å²) in [6, 6.07) is 13.2. The summed E-state index contributed by atoms with van der Waals surface area (Å²) in [5.74, 6) is -0.528. The van der Waals surface area contributed by atoms with Gasteiger partial charge in [-0.3, -0.25) is 10.0 Å². The molecule has 0 saturated heterocycles. The number of carbonyl (C=O) groups is 1. The van der Waals surface area contributed by atoms with E-state index in [2.05, 4.69) is 34.0 Å². The highest BCUT2D eigenvalue weighted by Gasteiger charge is 2.09. The SMILES string of the molecule is O=C(NO)c1ccc(NCc2cc(-c3cccs3)cn3ccnc23)cc1. The predicted molar refractivity (Wildman–Crippen MR) is 102 cm³/mol. The van der Waals surface area contributed by atoms with Crippen molar-refractivity contribution in [3.63, 3.8) is 0 Å². The molecule has 130 valence electrons. The highest BCUT2D eigenvalue weighted by atomic mass is 32.1. The van der Waals surface area contributed by atoms with E-state index in [4.69, 9.17) is 5.21 Å². The number of nitrogens with one attached hydrogen (secondary N) is 2. The number of thiophene rings is 1. The second-order valence-electron chi connectivity index (χ2n) is 5.76. The van der Waals surface area contributed by atoms with Gasteiger partial charge >= 0.3 is 0 Å². The molecule has 0 fully saturated rings. The van der Waals surface area contributed by atoms with Crippen molar-refractivity contribution in [3.05, 3.63) is 77.6 Å². The molecule has 0 saturated carbocycles. The van der Waals surface area contributed by atoms with Gasteiger partial charge in [0.25, 0.3) is 5.91 Å². The zero-order valence-corrected chi connectivity index (χ0v) is 14.5. The molecule has 0 bridgehead atoms. The van der Waals surface area contributed by atoms with Crippen LogP contribution in [0.25, 0.3) is 16.1 Å². The van der Waals surface area contributed by atoms with Gasteiger partial charge in [-0.05, 0) is 41.8 Å². The van der Waals surface area contributed by atoms with Crippen LogP contribution in [0.15, 0.2) is 66.4 Å². The standard InChI is InChI=1S/C19H16N4O2S/c24-19(22-25)13-3-5-16(6-4-13)21-11-14-10-15(17-2-1-9-26-17)12-23-8-7-20-18(14)23/h1-10,12,21,25H,11H2,(H,22,24). The number of fused-ring (bicyclic) bond motifs is 1. The van der Waals surface area contributed by atoms with Gasteiger partial charge in [0.15, 0.2) is 0 Å². The number of hydroxylamine groups is 1. The lowest BCUT2D eigenvalue weighted by Gasteiger charge is -2.10. The maximum absolute atomic E-state index is 11.4. The summed E-state index contributed by atoms with van der Waals surface area (Å²) < 4.78 is 2.03. The fourth-order valence-electron chi connectivity index (χ4n) is 2.81. The van der Waals surface area contributed by atoms with Gasteiger partial charge in [0, 0.05) is 52.4 Å². The number of carbonyl (C=O) groups excluding carboxylic acids is 1. The third-order valence-corrected chi connectivity index (χ3v) is 5.02. The molecule has 0 aliphatic rings. The zero-order chi connectivity index (χ0) is 17.9.